The third-order valence-corrected chi connectivity index (χ3v) is 4.42. The van der Waals surface area contributed by atoms with Crippen LogP contribution in [0.25, 0.3) is 0 Å². The van der Waals surface area contributed by atoms with E-state index in [0.717, 1.165) is 13.1 Å². The molecule has 1 aromatic carbocycles. The van der Waals surface area contributed by atoms with E-state index >= 15 is 0 Å². The normalized spacial score (nSPS) is 9.65. The number of aryl methyl sites for hydroxylation is 1. The van der Waals surface area contributed by atoms with E-state index < -0.39 is 0 Å². The van der Waals surface area contributed by atoms with Crippen LogP contribution in [0.4, 0.5) is 5.69 Å². The van der Waals surface area contributed by atoms with Crippen molar-refractivity contribution in [2.24, 2.45) is 0 Å². The van der Waals surface area contributed by atoms with Gasteiger partial charge in [-0.2, -0.15) is 0 Å². The molecule has 1 rings (SSSR count). The Kier molecular flexibility index (Phi) is 23.1. The van der Waals surface area contributed by atoms with Crippen molar-refractivity contribution in [3.63, 3.8) is 0 Å². The Labute approximate surface area is 166 Å². The van der Waals surface area contributed by atoms with E-state index in [1.165, 1.54) is 75.5 Å². The molecule has 0 unspecified atom stereocenters. The lowest BCUT2D eigenvalue weighted by Crippen LogP contribution is -2.23. The quantitative estimate of drug-likeness (QED) is 0.336. The summed E-state index contributed by atoms with van der Waals surface area (Å²) in [6, 6.07) is 9.03. The van der Waals surface area contributed by atoms with E-state index in [2.05, 4.69) is 63.8 Å². The summed E-state index contributed by atoms with van der Waals surface area (Å²) in [5, 5.41) is 0. The second-order valence-corrected chi connectivity index (χ2v) is 6.76. The molecule has 1 aromatic rings. The zero-order valence-corrected chi connectivity index (χ0v) is 19.2. The van der Waals surface area contributed by atoms with Crippen LogP contribution in [0.3, 0.4) is 0 Å². The van der Waals surface area contributed by atoms with E-state index in [9.17, 15) is 0 Å². The second-order valence-electron chi connectivity index (χ2n) is 6.76. The molecule has 1 heteroatoms. The monoisotopic (exact) mass is 363 g/mol. The maximum Gasteiger partial charge on any atom is 0.0366 e. The second kappa shape index (κ2) is 22.1. The van der Waals surface area contributed by atoms with Gasteiger partial charge in [0.2, 0.25) is 0 Å². The molecule has 0 radical (unpaired) electrons. The molecule has 1 nitrogen and oxygen atoms in total. The first-order chi connectivity index (χ1) is 12.7. The average Bonchev–Trinajstić information content (AvgIpc) is 2.69. The lowest BCUT2D eigenvalue weighted by atomic mass is 10.1. The van der Waals surface area contributed by atoms with Crippen LogP contribution in [-0.4, -0.2) is 13.1 Å². The Bertz CT molecular complexity index is 349. The Morgan fingerprint density at radius 2 is 1.12 bits per heavy atom. The summed E-state index contributed by atoms with van der Waals surface area (Å²) in [6.07, 6.45) is 13.6. The molecule has 154 valence electrons. The molecule has 0 amide bonds. The highest BCUT2D eigenvalue weighted by atomic mass is 15.1. The molecule has 0 aliphatic carbocycles. The molecule has 0 N–H and O–H groups in total. The average molecular weight is 364 g/mol. The van der Waals surface area contributed by atoms with Crippen molar-refractivity contribution >= 4 is 5.69 Å². The van der Waals surface area contributed by atoms with Crippen LogP contribution < -0.4 is 4.90 Å². The zero-order valence-electron chi connectivity index (χ0n) is 19.2. The van der Waals surface area contributed by atoms with Gasteiger partial charge in [0.25, 0.3) is 0 Å². The predicted molar refractivity (Wildman–Crippen MR) is 124 cm³/mol. The van der Waals surface area contributed by atoms with Crippen molar-refractivity contribution in [2.75, 3.05) is 18.0 Å². The summed E-state index contributed by atoms with van der Waals surface area (Å²) in [4.78, 5) is 2.43. The van der Waals surface area contributed by atoms with Crippen molar-refractivity contribution in [3.8, 4) is 0 Å². The Hall–Kier alpha value is -0.980. The molecule has 0 atom stereocenters. The molecule has 0 spiro atoms. The molecule has 0 aliphatic heterocycles. The van der Waals surface area contributed by atoms with Crippen LogP contribution in [-0.2, 0) is 6.42 Å². The van der Waals surface area contributed by atoms with Gasteiger partial charge < -0.3 is 4.90 Å². The first-order valence-electron chi connectivity index (χ1n) is 11.6. The topological polar surface area (TPSA) is 3.24 Å². The van der Waals surface area contributed by atoms with Gasteiger partial charge in [-0.15, -0.1) is 0 Å². The third-order valence-electron chi connectivity index (χ3n) is 4.42. The molecule has 0 fully saturated rings. The van der Waals surface area contributed by atoms with Crippen LogP contribution in [0.15, 0.2) is 24.3 Å². The Balaban J connectivity index is 0. The van der Waals surface area contributed by atoms with Crippen LogP contribution in [0, 0.1) is 0 Å². The van der Waals surface area contributed by atoms with E-state index in [0.29, 0.717) is 0 Å². The van der Waals surface area contributed by atoms with E-state index in [1.807, 2.05) is 13.8 Å². The van der Waals surface area contributed by atoms with E-state index in [-0.39, 0.29) is 0 Å². The number of benzene rings is 1. The fourth-order valence-corrected chi connectivity index (χ4v) is 2.93. The van der Waals surface area contributed by atoms with Crippen LogP contribution in [0.2, 0.25) is 0 Å². The summed E-state index contributed by atoms with van der Waals surface area (Å²) < 4.78 is 0. The molecule has 0 aromatic heterocycles. The molecule has 0 bridgehead atoms. The molecule has 0 heterocycles. The van der Waals surface area contributed by atoms with Crippen molar-refractivity contribution in [1.82, 2.24) is 0 Å². The summed E-state index contributed by atoms with van der Waals surface area (Å²) in [5.74, 6) is 0. The minimum atomic E-state index is 1.10. The van der Waals surface area contributed by atoms with Gasteiger partial charge in [0.15, 0.2) is 0 Å². The van der Waals surface area contributed by atoms with E-state index in [1.54, 1.807) is 0 Å². The van der Waals surface area contributed by atoms with Crippen molar-refractivity contribution in [3.05, 3.63) is 29.8 Å². The number of rotatable bonds is 12. The van der Waals surface area contributed by atoms with Gasteiger partial charge in [0.1, 0.15) is 0 Å². The number of hydrogen-bond acceptors (Lipinski definition) is 1. The maximum absolute atomic E-state index is 2.43. The van der Waals surface area contributed by atoms with Gasteiger partial charge >= 0.3 is 0 Å². The summed E-state index contributed by atoms with van der Waals surface area (Å²) in [5.41, 5.74) is 2.81. The number of anilines is 1. The smallest absolute Gasteiger partial charge is 0.0366 e. The maximum atomic E-state index is 2.43. The van der Waals surface area contributed by atoms with Crippen molar-refractivity contribution in [1.29, 1.82) is 0 Å². The standard InChI is InChI=1S/C14H23N.C9H20.C2H6/c1-4-7-13-8-10-14(11-9-13)15(6-3)12-5-2;1-3-5-7-9-8-6-4-2;1-2/h8-11H,4-7,12H2,1-3H3;3-9H2,1-2H3;1-2H3. The largest absolute Gasteiger partial charge is 0.372 e. The summed E-state index contributed by atoms with van der Waals surface area (Å²) in [6.45, 7) is 17.5. The van der Waals surface area contributed by atoms with Gasteiger partial charge in [-0.05, 0) is 37.5 Å². The molecule has 0 saturated heterocycles. The fraction of sp³-hybridized carbons (Fsp3) is 0.760. The molecule has 0 saturated carbocycles. The van der Waals surface area contributed by atoms with Gasteiger partial charge in [-0.25, -0.2) is 0 Å². The number of hydrogen-bond donors (Lipinski definition) is 0. The lowest BCUT2D eigenvalue weighted by molar-refractivity contribution is 0.602. The van der Waals surface area contributed by atoms with E-state index in [4.69, 9.17) is 0 Å². The molecule has 0 aliphatic rings. The van der Waals surface area contributed by atoms with Crippen LogP contribution in [0.1, 0.15) is 112 Å². The summed E-state index contributed by atoms with van der Waals surface area (Å²) >= 11 is 0. The lowest BCUT2D eigenvalue weighted by Gasteiger charge is -2.22. The fourth-order valence-electron chi connectivity index (χ4n) is 2.93. The first kappa shape index (κ1) is 27.2. The number of unbranched alkanes of at least 4 members (excludes halogenated alkanes) is 6. The van der Waals surface area contributed by atoms with Crippen LogP contribution >= 0.6 is 0 Å². The van der Waals surface area contributed by atoms with Gasteiger partial charge in [0.05, 0.1) is 0 Å². The molecular weight excluding hydrogens is 314 g/mol. The molecule has 26 heavy (non-hydrogen) atoms. The highest BCUT2D eigenvalue weighted by molar-refractivity contribution is 5.47. The summed E-state index contributed by atoms with van der Waals surface area (Å²) in [7, 11) is 0. The van der Waals surface area contributed by atoms with Crippen molar-refractivity contribution < 1.29 is 0 Å². The third kappa shape index (κ3) is 15.3. The van der Waals surface area contributed by atoms with Crippen LogP contribution in [0.5, 0.6) is 0 Å². The SMILES string of the molecule is CC.CCCCCCCCC.CCCc1ccc(N(CC)CCC)cc1. The Morgan fingerprint density at radius 1 is 0.615 bits per heavy atom. The highest BCUT2D eigenvalue weighted by Crippen LogP contribution is 2.16. The highest BCUT2D eigenvalue weighted by Gasteiger charge is 2.02. The van der Waals surface area contributed by atoms with Crippen molar-refractivity contribution in [2.45, 2.75) is 113 Å². The minimum absolute atomic E-state index is 1.10. The van der Waals surface area contributed by atoms with Gasteiger partial charge in [-0.3, -0.25) is 0 Å². The minimum Gasteiger partial charge on any atom is -0.372 e. The van der Waals surface area contributed by atoms with Gasteiger partial charge in [-0.1, -0.05) is 105 Å². The Morgan fingerprint density at radius 3 is 1.50 bits per heavy atom. The zero-order chi connectivity index (χ0) is 20.0. The predicted octanol–water partition coefficient (Wildman–Crippen LogP) is 8.66. The molecular formula is C25H49N. The number of nitrogens with zero attached hydrogens (tertiary/aromatic N) is 1. The first-order valence-corrected chi connectivity index (χ1v) is 11.6. The van der Waals surface area contributed by atoms with Gasteiger partial charge in [0, 0.05) is 18.8 Å².